The quantitative estimate of drug-likeness (QED) is 0.622. The fourth-order valence-electron chi connectivity index (χ4n) is 2.22. The van der Waals surface area contributed by atoms with Crippen LogP contribution in [0.1, 0.15) is 23.2 Å². The summed E-state index contributed by atoms with van der Waals surface area (Å²) in [4.78, 5) is 4.68. The Morgan fingerprint density at radius 2 is 2.19 bits per heavy atom. The van der Waals surface area contributed by atoms with E-state index in [2.05, 4.69) is 15.0 Å². The molecule has 0 amide bonds. The molecule has 1 aliphatic rings. The fourth-order valence-corrected chi connectivity index (χ4v) is 2.38. The van der Waals surface area contributed by atoms with Gasteiger partial charge in [-0.3, -0.25) is 0 Å². The molecule has 21 heavy (non-hydrogen) atoms. The van der Waals surface area contributed by atoms with Crippen LogP contribution < -0.4 is 11.1 Å². The molecular weight excluding hydrogens is 303 g/mol. The summed E-state index contributed by atoms with van der Waals surface area (Å²) in [6.45, 7) is -1.12. The van der Waals surface area contributed by atoms with E-state index in [4.69, 9.17) is 18.0 Å². The first-order chi connectivity index (χ1) is 9.87. The molecule has 0 aromatic carbocycles. The van der Waals surface area contributed by atoms with Gasteiger partial charge in [-0.05, 0) is 30.9 Å². The summed E-state index contributed by atoms with van der Waals surface area (Å²) in [6, 6.07) is 1.91. The fraction of sp³-hybridized carbons (Fsp3) is 0.538. The van der Waals surface area contributed by atoms with E-state index >= 15 is 0 Å². The van der Waals surface area contributed by atoms with Gasteiger partial charge < -0.3 is 15.8 Å². The summed E-state index contributed by atoms with van der Waals surface area (Å²) >= 11 is 4.99. The summed E-state index contributed by atoms with van der Waals surface area (Å²) in [5.74, 6) is 0.513. The molecule has 4 nitrogen and oxygen atoms in total. The average molecular weight is 319 g/mol. The Morgan fingerprint density at radius 1 is 1.43 bits per heavy atom. The highest BCUT2D eigenvalue weighted by molar-refractivity contribution is 7.80. The van der Waals surface area contributed by atoms with Gasteiger partial charge in [0, 0.05) is 12.2 Å². The van der Waals surface area contributed by atoms with Crippen molar-refractivity contribution >= 4 is 23.0 Å². The third kappa shape index (κ3) is 4.53. The molecule has 0 atom stereocenters. The molecule has 1 aromatic rings. The first-order valence-corrected chi connectivity index (χ1v) is 6.98. The van der Waals surface area contributed by atoms with Crippen LogP contribution in [0.25, 0.3) is 0 Å². The minimum Gasteiger partial charge on any atom is -0.389 e. The van der Waals surface area contributed by atoms with Gasteiger partial charge in [-0.2, -0.15) is 13.2 Å². The zero-order valence-electron chi connectivity index (χ0n) is 11.3. The van der Waals surface area contributed by atoms with Gasteiger partial charge in [0.15, 0.2) is 0 Å². The molecular formula is C13H16F3N3OS. The van der Waals surface area contributed by atoms with Crippen molar-refractivity contribution in [3.63, 3.8) is 0 Å². The van der Waals surface area contributed by atoms with Crippen molar-refractivity contribution in [2.75, 3.05) is 25.1 Å². The highest BCUT2D eigenvalue weighted by Gasteiger charge is 2.27. The van der Waals surface area contributed by atoms with Gasteiger partial charge in [-0.25, -0.2) is 4.98 Å². The van der Waals surface area contributed by atoms with Crippen molar-refractivity contribution in [2.24, 2.45) is 5.73 Å². The van der Waals surface area contributed by atoms with Crippen LogP contribution in [0, 0.1) is 0 Å². The number of thiocarbonyl (C=S) groups is 1. The van der Waals surface area contributed by atoms with Crippen LogP contribution in [0.2, 0.25) is 0 Å². The Hall–Kier alpha value is -1.41. The summed E-state index contributed by atoms with van der Waals surface area (Å²) in [6.07, 6.45) is -1.42. The number of rotatable bonds is 6. The molecule has 2 rings (SSSR count). The lowest BCUT2D eigenvalue weighted by Crippen LogP contribution is -2.21. The number of pyridine rings is 1. The van der Waals surface area contributed by atoms with E-state index in [1.54, 1.807) is 0 Å². The highest BCUT2D eigenvalue weighted by Crippen LogP contribution is 2.25. The van der Waals surface area contributed by atoms with E-state index < -0.39 is 12.8 Å². The number of hydrogen-bond donors (Lipinski definition) is 2. The van der Waals surface area contributed by atoms with Gasteiger partial charge in [0.05, 0.1) is 12.2 Å². The normalized spacial score (nSPS) is 14.0. The third-order valence-electron chi connectivity index (χ3n) is 3.12. The lowest BCUT2D eigenvalue weighted by Gasteiger charge is -2.13. The number of nitrogens with two attached hydrogens (primary N) is 1. The van der Waals surface area contributed by atoms with Gasteiger partial charge >= 0.3 is 6.18 Å². The van der Waals surface area contributed by atoms with Crippen LogP contribution in [0.4, 0.5) is 19.0 Å². The second kappa shape index (κ2) is 6.57. The van der Waals surface area contributed by atoms with E-state index in [1.807, 2.05) is 6.07 Å². The van der Waals surface area contributed by atoms with Crippen LogP contribution in [0.5, 0.6) is 0 Å². The van der Waals surface area contributed by atoms with Gasteiger partial charge in [0.25, 0.3) is 0 Å². The van der Waals surface area contributed by atoms with Crippen LogP contribution in [-0.4, -0.2) is 35.9 Å². The number of aryl methyl sites for hydroxylation is 2. The number of anilines is 1. The van der Waals surface area contributed by atoms with Gasteiger partial charge in [-0.1, -0.05) is 12.2 Å². The first-order valence-electron chi connectivity index (χ1n) is 6.58. The van der Waals surface area contributed by atoms with Crippen LogP contribution in [-0.2, 0) is 17.6 Å². The van der Waals surface area contributed by atoms with Crippen molar-refractivity contribution < 1.29 is 17.9 Å². The van der Waals surface area contributed by atoms with Crippen molar-refractivity contribution in [3.05, 3.63) is 22.9 Å². The molecule has 0 bridgehead atoms. The maximum Gasteiger partial charge on any atom is 0.411 e. The molecule has 3 N–H and O–H groups in total. The SMILES string of the molecule is NC(=S)c1cc2c(nc1NCCOCC(F)(F)F)CCC2. The predicted molar refractivity (Wildman–Crippen MR) is 77.5 cm³/mol. The number of nitrogens with one attached hydrogen (secondary N) is 1. The second-order valence-electron chi connectivity index (χ2n) is 4.80. The minimum atomic E-state index is -4.31. The highest BCUT2D eigenvalue weighted by atomic mass is 32.1. The third-order valence-corrected chi connectivity index (χ3v) is 3.34. The number of alkyl halides is 3. The number of hydrogen-bond acceptors (Lipinski definition) is 4. The molecule has 0 unspecified atom stereocenters. The van der Waals surface area contributed by atoms with Crippen LogP contribution in [0.15, 0.2) is 6.07 Å². The smallest absolute Gasteiger partial charge is 0.389 e. The molecule has 8 heteroatoms. The molecule has 0 radical (unpaired) electrons. The monoisotopic (exact) mass is 319 g/mol. The van der Waals surface area contributed by atoms with E-state index in [9.17, 15) is 13.2 Å². The maximum atomic E-state index is 11.9. The van der Waals surface area contributed by atoms with E-state index in [1.165, 1.54) is 0 Å². The van der Waals surface area contributed by atoms with Crippen LogP contribution >= 0.6 is 12.2 Å². The Morgan fingerprint density at radius 3 is 2.86 bits per heavy atom. The van der Waals surface area contributed by atoms with Crippen LogP contribution in [0.3, 0.4) is 0 Å². The molecule has 0 fully saturated rings. The zero-order valence-corrected chi connectivity index (χ0v) is 12.1. The summed E-state index contributed by atoms with van der Waals surface area (Å²) in [7, 11) is 0. The van der Waals surface area contributed by atoms with Gasteiger partial charge in [0.1, 0.15) is 17.4 Å². The topological polar surface area (TPSA) is 60.2 Å². The predicted octanol–water partition coefficient (Wildman–Crippen LogP) is 2.20. The number of fused-ring (bicyclic) bond motifs is 1. The molecule has 1 aromatic heterocycles. The summed E-state index contributed by atoms with van der Waals surface area (Å²) in [5, 5.41) is 2.94. The van der Waals surface area contributed by atoms with Gasteiger partial charge in [-0.15, -0.1) is 0 Å². The van der Waals surface area contributed by atoms with E-state index in [0.29, 0.717) is 11.4 Å². The zero-order chi connectivity index (χ0) is 15.5. The van der Waals surface area contributed by atoms with Crippen molar-refractivity contribution in [1.29, 1.82) is 0 Å². The molecule has 0 aliphatic heterocycles. The molecule has 116 valence electrons. The maximum absolute atomic E-state index is 11.9. The Bertz CT molecular complexity index is 534. The summed E-state index contributed by atoms with van der Waals surface area (Å²) < 4.78 is 40.3. The van der Waals surface area contributed by atoms with Crippen molar-refractivity contribution in [2.45, 2.75) is 25.4 Å². The summed E-state index contributed by atoms with van der Waals surface area (Å²) in [5.41, 5.74) is 8.42. The standard InChI is InChI=1S/C13H16F3N3OS/c14-13(15,16)7-20-5-4-18-12-9(11(17)21)6-8-2-1-3-10(8)19-12/h6H,1-5,7H2,(H2,17,21)(H,18,19). The molecule has 1 heterocycles. The Balaban J connectivity index is 1.95. The average Bonchev–Trinajstić information content (AvgIpc) is 2.82. The Labute approximate surface area is 125 Å². The van der Waals surface area contributed by atoms with Crippen molar-refractivity contribution in [1.82, 2.24) is 4.98 Å². The molecule has 0 spiro atoms. The van der Waals surface area contributed by atoms with E-state index in [0.717, 1.165) is 30.5 Å². The molecule has 0 saturated heterocycles. The number of nitrogens with zero attached hydrogens (tertiary/aromatic N) is 1. The van der Waals surface area contributed by atoms with Gasteiger partial charge in [0.2, 0.25) is 0 Å². The molecule has 1 aliphatic carbocycles. The largest absolute Gasteiger partial charge is 0.411 e. The number of ether oxygens (including phenoxy) is 1. The van der Waals surface area contributed by atoms with Crippen molar-refractivity contribution in [3.8, 4) is 0 Å². The first kappa shape index (κ1) is 16.0. The number of halogens is 3. The second-order valence-corrected chi connectivity index (χ2v) is 5.24. The molecule has 0 saturated carbocycles. The van der Waals surface area contributed by atoms with E-state index in [-0.39, 0.29) is 18.1 Å². The lowest BCUT2D eigenvalue weighted by atomic mass is 10.1. The Kier molecular flexibility index (Phi) is 5.00. The lowest BCUT2D eigenvalue weighted by molar-refractivity contribution is -0.172. The minimum absolute atomic E-state index is 0.0744. The number of aromatic nitrogens is 1.